The van der Waals surface area contributed by atoms with Gasteiger partial charge in [0.1, 0.15) is 23.0 Å². The monoisotopic (exact) mass is 495 g/mol. The molecule has 1 fully saturated rings. The van der Waals surface area contributed by atoms with E-state index < -0.39 is 11.7 Å². The molecule has 3 aromatic carbocycles. The first-order valence-electron chi connectivity index (χ1n) is 11.6. The zero-order chi connectivity index (χ0) is 25.3. The van der Waals surface area contributed by atoms with Gasteiger partial charge in [-0.3, -0.25) is 4.79 Å². The highest BCUT2D eigenvalue weighted by molar-refractivity contribution is 6.04. The van der Waals surface area contributed by atoms with E-state index in [1.54, 1.807) is 29.2 Å². The van der Waals surface area contributed by atoms with E-state index in [9.17, 15) is 18.0 Å². The molecular weight excluding hydrogens is 471 g/mol. The number of rotatable bonds is 3. The first-order valence-corrected chi connectivity index (χ1v) is 11.6. The lowest BCUT2D eigenvalue weighted by Gasteiger charge is -2.41. The van der Waals surface area contributed by atoms with Gasteiger partial charge in [-0.25, -0.2) is 4.99 Å². The van der Waals surface area contributed by atoms with Gasteiger partial charge in [0.25, 0.3) is 5.91 Å². The van der Waals surface area contributed by atoms with E-state index in [4.69, 9.17) is 9.47 Å². The summed E-state index contributed by atoms with van der Waals surface area (Å²) >= 11 is 0. The zero-order valence-electron chi connectivity index (χ0n) is 19.5. The van der Waals surface area contributed by atoms with Crippen LogP contribution in [-0.2, 0) is 11.0 Å². The number of benzene rings is 3. The third kappa shape index (κ3) is 4.86. The molecule has 2 aliphatic rings. The van der Waals surface area contributed by atoms with Gasteiger partial charge in [-0.1, -0.05) is 30.3 Å². The topological polar surface area (TPSA) is 54.4 Å². The predicted octanol–water partition coefficient (Wildman–Crippen LogP) is 5.50. The van der Waals surface area contributed by atoms with Crippen LogP contribution in [0.2, 0.25) is 0 Å². The highest BCUT2D eigenvalue weighted by Gasteiger charge is 2.34. The number of hydrogen-bond donors (Lipinski definition) is 0. The van der Waals surface area contributed by atoms with Crippen molar-refractivity contribution >= 4 is 17.4 Å². The number of carbonyl (C=O) groups is 1. The molecule has 0 radical (unpaired) electrons. The maximum Gasteiger partial charge on any atom is 0.416 e. The van der Waals surface area contributed by atoms with Crippen LogP contribution in [0.15, 0.2) is 77.8 Å². The molecule has 0 saturated carbocycles. The van der Waals surface area contributed by atoms with Gasteiger partial charge in [0.2, 0.25) is 0 Å². The average molecular weight is 496 g/mol. The van der Waals surface area contributed by atoms with Crippen LogP contribution in [0.4, 0.5) is 18.9 Å². The number of amides is 1. The minimum Gasteiger partial charge on any atom is -0.484 e. The van der Waals surface area contributed by atoms with E-state index in [0.717, 1.165) is 12.1 Å². The Hall–Kier alpha value is -4.01. The second-order valence-corrected chi connectivity index (χ2v) is 8.70. The minimum atomic E-state index is -4.49. The zero-order valence-corrected chi connectivity index (χ0v) is 19.5. The van der Waals surface area contributed by atoms with E-state index in [1.165, 1.54) is 6.07 Å². The Balaban J connectivity index is 1.38. The summed E-state index contributed by atoms with van der Waals surface area (Å²) in [6.45, 7) is 3.21. The lowest BCUT2D eigenvalue weighted by molar-refractivity contribution is -0.138. The predicted molar refractivity (Wildman–Crippen MR) is 129 cm³/mol. The maximum absolute atomic E-state index is 13.4. The van der Waals surface area contributed by atoms with Crippen molar-refractivity contribution in [2.75, 3.05) is 26.2 Å². The molecule has 2 heterocycles. The molecule has 0 bridgehead atoms. The van der Waals surface area contributed by atoms with Crippen LogP contribution < -0.4 is 9.47 Å². The van der Waals surface area contributed by atoms with Crippen LogP contribution in [0.1, 0.15) is 18.1 Å². The Morgan fingerprint density at radius 2 is 1.78 bits per heavy atom. The van der Waals surface area contributed by atoms with Crippen molar-refractivity contribution in [2.24, 2.45) is 4.99 Å². The van der Waals surface area contributed by atoms with Crippen molar-refractivity contribution in [3.63, 3.8) is 0 Å². The van der Waals surface area contributed by atoms with Crippen molar-refractivity contribution in [3.8, 4) is 17.2 Å². The Morgan fingerprint density at radius 3 is 2.53 bits per heavy atom. The van der Waals surface area contributed by atoms with E-state index >= 15 is 0 Å². The highest BCUT2D eigenvalue weighted by atomic mass is 19.4. The molecule has 0 unspecified atom stereocenters. The SMILES string of the molecule is C[C@H]1CN(C2=Nc3cc(C(F)(F)F)ccc3Oc3ccccc32)CCN1C(=O)COc1ccccc1. The number of halogens is 3. The molecule has 9 heteroatoms. The van der Waals surface area contributed by atoms with Gasteiger partial charge in [-0.15, -0.1) is 0 Å². The summed E-state index contributed by atoms with van der Waals surface area (Å²) in [6.07, 6.45) is -4.49. The molecule has 1 amide bonds. The first-order chi connectivity index (χ1) is 17.3. The summed E-state index contributed by atoms with van der Waals surface area (Å²) in [6, 6.07) is 19.5. The summed E-state index contributed by atoms with van der Waals surface area (Å²) < 4.78 is 51.7. The molecule has 0 aromatic heterocycles. The van der Waals surface area contributed by atoms with Crippen molar-refractivity contribution in [1.82, 2.24) is 9.80 Å². The molecule has 0 spiro atoms. The quantitative estimate of drug-likeness (QED) is 0.482. The van der Waals surface area contributed by atoms with Gasteiger partial charge in [0.05, 0.1) is 11.1 Å². The van der Waals surface area contributed by atoms with Crippen LogP contribution in [0.5, 0.6) is 17.2 Å². The van der Waals surface area contributed by atoms with E-state index in [1.807, 2.05) is 42.2 Å². The molecule has 0 aliphatic carbocycles. The lowest BCUT2D eigenvalue weighted by atomic mass is 10.1. The smallest absolute Gasteiger partial charge is 0.416 e. The summed E-state index contributed by atoms with van der Waals surface area (Å²) in [5.74, 6) is 1.78. The Morgan fingerprint density at radius 1 is 1.03 bits per heavy atom. The third-order valence-corrected chi connectivity index (χ3v) is 6.21. The molecule has 0 N–H and O–H groups in total. The summed E-state index contributed by atoms with van der Waals surface area (Å²) in [5.41, 5.74) is 0.00111. The average Bonchev–Trinajstić information content (AvgIpc) is 3.03. The molecule has 5 rings (SSSR count). The normalized spacial score (nSPS) is 17.3. The molecule has 1 saturated heterocycles. The van der Waals surface area contributed by atoms with Crippen LogP contribution in [-0.4, -0.2) is 53.8 Å². The summed E-state index contributed by atoms with van der Waals surface area (Å²) in [7, 11) is 0. The van der Waals surface area contributed by atoms with Gasteiger partial charge in [-0.05, 0) is 49.4 Å². The number of fused-ring (bicyclic) bond motifs is 2. The molecular formula is C27H24F3N3O3. The number of ether oxygens (including phenoxy) is 2. The van der Waals surface area contributed by atoms with E-state index in [2.05, 4.69) is 4.99 Å². The Labute approximate surface area is 206 Å². The Bertz CT molecular complexity index is 1290. The van der Waals surface area contributed by atoms with E-state index in [-0.39, 0.29) is 30.0 Å². The standard InChI is InChI=1S/C27H24F3N3O3/c1-18-16-32(13-14-33(18)25(34)17-35-20-7-3-2-4-8-20)26-21-9-5-6-10-23(21)36-24-12-11-19(27(28,29)30)15-22(24)31-26/h2-12,15,18H,13-14,16-17H2,1H3/t18-/m0/s1. The first kappa shape index (κ1) is 23.7. The number of para-hydroxylation sites is 2. The molecule has 1 atom stereocenters. The number of piperazine rings is 1. The molecule has 3 aromatic rings. The number of amidine groups is 1. The second-order valence-electron chi connectivity index (χ2n) is 8.70. The second kappa shape index (κ2) is 9.56. The van der Waals surface area contributed by atoms with Crippen LogP contribution in [0, 0.1) is 0 Å². The van der Waals surface area contributed by atoms with Gasteiger partial charge < -0.3 is 19.3 Å². The summed E-state index contributed by atoms with van der Waals surface area (Å²) in [4.78, 5) is 21.2. The third-order valence-electron chi connectivity index (χ3n) is 6.21. The van der Waals surface area contributed by atoms with Crippen molar-refractivity contribution in [3.05, 3.63) is 83.9 Å². The lowest BCUT2D eigenvalue weighted by Crippen LogP contribution is -2.56. The van der Waals surface area contributed by atoms with Gasteiger partial charge >= 0.3 is 6.18 Å². The van der Waals surface area contributed by atoms with Gasteiger partial charge in [0.15, 0.2) is 12.4 Å². The highest BCUT2D eigenvalue weighted by Crippen LogP contribution is 2.41. The van der Waals surface area contributed by atoms with Crippen molar-refractivity contribution < 1.29 is 27.4 Å². The molecule has 6 nitrogen and oxygen atoms in total. The number of carbonyl (C=O) groups excluding carboxylic acids is 1. The summed E-state index contributed by atoms with van der Waals surface area (Å²) in [5, 5.41) is 0. The fourth-order valence-electron chi connectivity index (χ4n) is 4.41. The Kier molecular flexibility index (Phi) is 6.30. The molecule has 36 heavy (non-hydrogen) atoms. The maximum atomic E-state index is 13.4. The van der Waals surface area contributed by atoms with Crippen LogP contribution >= 0.6 is 0 Å². The van der Waals surface area contributed by atoms with Crippen LogP contribution in [0.25, 0.3) is 0 Å². The minimum absolute atomic E-state index is 0.0699. The number of hydrogen-bond acceptors (Lipinski definition) is 5. The van der Waals surface area contributed by atoms with Crippen LogP contribution in [0.3, 0.4) is 0 Å². The number of nitrogens with zero attached hydrogens (tertiary/aromatic N) is 3. The van der Waals surface area contributed by atoms with Crippen molar-refractivity contribution in [1.29, 1.82) is 0 Å². The number of aliphatic imine (C=N–C) groups is 1. The largest absolute Gasteiger partial charge is 0.484 e. The molecule has 186 valence electrons. The van der Waals surface area contributed by atoms with Gasteiger partial charge in [-0.2, -0.15) is 13.2 Å². The fraction of sp³-hybridized carbons (Fsp3) is 0.259. The van der Waals surface area contributed by atoms with E-state index in [0.29, 0.717) is 42.5 Å². The van der Waals surface area contributed by atoms with Gasteiger partial charge in [0, 0.05) is 25.7 Å². The molecule has 2 aliphatic heterocycles. The van der Waals surface area contributed by atoms with Crippen molar-refractivity contribution in [2.45, 2.75) is 19.1 Å². The number of alkyl halides is 3. The fourth-order valence-corrected chi connectivity index (χ4v) is 4.41.